The average molecular weight is 416 g/mol. The third kappa shape index (κ3) is 3.12. The van der Waals surface area contributed by atoms with Crippen molar-refractivity contribution in [2.45, 2.75) is 0 Å². The van der Waals surface area contributed by atoms with Gasteiger partial charge >= 0.3 is 0 Å². The number of pyridine rings is 2. The van der Waals surface area contributed by atoms with Crippen LogP contribution >= 0.6 is 0 Å². The Bertz CT molecular complexity index is 1440. The molecule has 0 amide bonds. The largest absolute Gasteiger partial charge is 0.396 e. The van der Waals surface area contributed by atoms with Gasteiger partial charge in [-0.3, -0.25) is 4.79 Å². The van der Waals surface area contributed by atoms with Gasteiger partial charge in [-0.2, -0.15) is 5.10 Å². The summed E-state index contributed by atoms with van der Waals surface area (Å²) in [6.07, 6.45) is 8.08. The van der Waals surface area contributed by atoms with Crippen LogP contribution in [0, 0.1) is 11.6 Å². The number of nitrogens with one attached hydrogen (secondary N) is 1. The number of ketones is 1. The van der Waals surface area contributed by atoms with E-state index in [0.717, 1.165) is 17.7 Å². The molecular formula is C22H14F2N6O. The van der Waals surface area contributed by atoms with Crippen molar-refractivity contribution in [2.24, 2.45) is 0 Å². The number of hydrogen-bond acceptors (Lipinski definition) is 5. The third-order valence-electron chi connectivity index (χ3n) is 4.92. The molecule has 4 heterocycles. The first-order chi connectivity index (χ1) is 15.0. The standard InChI is InChI=1S/C22H14F2N6O/c23-16-4-5-17(25)20(24)19(16)21(31)15-10-28-22-14(15)7-12(8-27-22)13-9-29-30(11-13)18-3-1-2-6-26-18/h1-11H,25H2,(H,27,28). The molecule has 0 aliphatic heterocycles. The fourth-order valence-electron chi connectivity index (χ4n) is 3.35. The molecule has 3 N–H and O–H groups in total. The van der Waals surface area contributed by atoms with E-state index in [9.17, 15) is 13.6 Å². The highest BCUT2D eigenvalue weighted by molar-refractivity contribution is 6.16. The van der Waals surface area contributed by atoms with Gasteiger partial charge in [0.1, 0.15) is 11.5 Å². The van der Waals surface area contributed by atoms with Gasteiger partial charge in [-0.25, -0.2) is 23.4 Å². The second-order valence-electron chi connectivity index (χ2n) is 6.84. The van der Waals surface area contributed by atoms with Crippen LogP contribution in [-0.2, 0) is 0 Å². The predicted octanol–water partition coefficient (Wildman–Crippen LogP) is 3.90. The zero-order valence-corrected chi connectivity index (χ0v) is 15.9. The summed E-state index contributed by atoms with van der Waals surface area (Å²) in [5.74, 6) is -2.24. The number of anilines is 1. The number of carbonyl (C=O) groups excluding carboxylic acids is 1. The summed E-state index contributed by atoms with van der Waals surface area (Å²) >= 11 is 0. The second-order valence-corrected chi connectivity index (χ2v) is 6.84. The number of halogens is 2. The normalized spacial score (nSPS) is 11.2. The van der Waals surface area contributed by atoms with Crippen LogP contribution in [0.2, 0.25) is 0 Å². The van der Waals surface area contributed by atoms with Gasteiger partial charge in [0, 0.05) is 46.9 Å². The van der Waals surface area contributed by atoms with Gasteiger partial charge in [0.05, 0.1) is 17.4 Å². The highest BCUT2D eigenvalue weighted by Gasteiger charge is 2.24. The van der Waals surface area contributed by atoms with E-state index in [4.69, 9.17) is 5.73 Å². The molecule has 152 valence electrons. The highest BCUT2D eigenvalue weighted by Crippen LogP contribution is 2.28. The van der Waals surface area contributed by atoms with Crippen LogP contribution in [0.4, 0.5) is 14.5 Å². The Kier molecular flexibility index (Phi) is 4.28. The van der Waals surface area contributed by atoms with Crippen LogP contribution in [0.25, 0.3) is 28.0 Å². The molecule has 0 spiro atoms. The summed E-state index contributed by atoms with van der Waals surface area (Å²) in [4.78, 5) is 24.4. The minimum absolute atomic E-state index is 0.0878. The zero-order chi connectivity index (χ0) is 21.5. The van der Waals surface area contributed by atoms with Crippen LogP contribution < -0.4 is 5.73 Å². The van der Waals surface area contributed by atoms with Crippen molar-refractivity contribution in [3.05, 3.63) is 90.1 Å². The number of hydrogen-bond donors (Lipinski definition) is 2. The molecule has 5 aromatic rings. The fourth-order valence-corrected chi connectivity index (χ4v) is 3.35. The monoisotopic (exact) mass is 416 g/mol. The Morgan fingerprint density at radius 2 is 1.94 bits per heavy atom. The summed E-state index contributed by atoms with van der Waals surface area (Å²) in [5, 5.41) is 4.73. The van der Waals surface area contributed by atoms with Gasteiger partial charge in [-0.1, -0.05) is 6.07 Å². The smallest absolute Gasteiger partial charge is 0.201 e. The molecule has 0 atom stereocenters. The minimum Gasteiger partial charge on any atom is -0.396 e. The first kappa shape index (κ1) is 18.6. The van der Waals surface area contributed by atoms with E-state index in [0.29, 0.717) is 22.4 Å². The van der Waals surface area contributed by atoms with Gasteiger partial charge < -0.3 is 10.7 Å². The van der Waals surface area contributed by atoms with Crippen molar-refractivity contribution in [1.29, 1.82) is 0 Å². The molecule has 0 saturated carbocycles. The minimum atomic E-state index is -1.08. The van der Waals surface area contributed by atoms with E-state index in [1.54, 1.807) is 35.5 Å². The van der Waals surface area contributed by atoms with E-state index < -0.39 is 23.0 Å². The summed E-state index contributed by atoms with van der Waals surface area (Å²) in [7, 11) is 0. The number of H-pyrrole nitrogens is 1. The van der Waals surface area contributed by atoms with Crippen molar-refractivity contribution in [3.8, 4) is 16.9 Å². The molecule has 0 fully saturated rings. The molecule has 31 heavy (non-hydrogen) atoms. The third-order valence-corrected chi connectivity index (χ3v) is 4.92. The predicted molar refractivity (Wildman–Crippen MR) is 111 cm³/mol. The maximum absolute atomic E-state index is 14.4. The summed E-state index contributed by atoms with van der Waals surface area (Å²) in [5.41, 5.74) is 6.43. The molecule has 1 aromatic carbocycles. The van der Waals surface area contributed by atoms with Crippen molar-refractivity contribution in [2.75, 3.05) is 5.73 Å². The van der Waals surface area contributed by atoms with Crippen LogP contribution in [0.5, 0.6) is 0 Å². The Balaban J connectivity index is 1.58. The summed E-state index contributed by atoms with van der Waals surface area (Å²) < 4.78 is 30.2. The lowest BCUT2D eigenvalue weighted by Gasteiger charge is -2.06. The number of carbonyl (C=O) groups is 1. The number of benzene rings is 1. The molecule has 4 aromatic heterocycles. The van der Waals surface area contributed by atoms with Gasteiger partial charge in [-0.05, 0) is 30.3 Å². The Hall–Kier alpha value is -4.40. The van der Waals surface area contributed by atoms with E-state index in [1.807, 2.05) is 18.2 Å². The van der Waals surface area contributed by atoms with E-state index in [-0.39, 0.29) is 11.3 Å². The van der Waals surface area contributed by atoms with Crippen molar-refractivity contribution in [1.82, 2.24) is 24.7 Å². The topological polar surface area (TPSA) is 102 Å². The van der Waals surface area contributed by atoms with Crippen LogP contribution in [0.1, 0.15) is 15.9 Å². The van der Waals surface area contributed by atoms with E-state index >= 15 is 0 Å². The summed E-state index contributed by atoms with van der Waals surface area (Å²) in [6.45, 7) is 0. The number of aromatic nitrogens is 5. The lowest BCUT2D eigenvalue weighted by Crippen LogP contribution is -2.09. The molecule has 9 heteroatoms. The molecule has 0 aliphatic rings. The lowest BCUT2D eigenvalue weighted by molar-refractivity contribution is 0.103. The molecule has 0 unspecified atom stereocenters. The van der Waals surface area contributed by atoms with E-state index in [1.165, 1.54) is 6.20 Å². The van der Waals surface area contributed by atoms with Gasteiger partial charge in [0.2, 0.25) is 5.78 Å². The first-order valence-electron chi connectivity index (χ1n) is 9.24. The van der Waals surface area contributed by atoms with Gasteiger partial charge in [0.25, 0.3) is 0 Å². The molecule has 0 bridgehead atoms. The van der Waals surface area contributed by atoms with E-state index in [2.05, 4.69) is 20.1 Å². The maximum atomic E-state index is 14.4. The van der Waals surface area contributed by atoms with Crippen LogP contribution in [-0.4, -0.2) is 30.5 Å². The van der Waals surface area contributed by atoms with Crippen LogP contribution in [0.3, 0.4) is 0 Å². The first-order valence-corrected chi connectivity index (χ1v) is 9.24. The van der Waals surface area contributed by atoms with Crippen molar-refractivity contribution in [3.63, 3.8) is 0 Å². The molecule has 0 saturated heterocycles. The number of nitrogen functional groups attached to an aromatic ring is 1. The van der Waals surface area contributed by atoms with Crippen molar-refractivity contribution < 1.29 is 13.6 Å². The fraction of sp³-hybridized carbons (Fsp3) is 0. The van der Waals surface area contributed by atoms with Gasteiger partial charge in [-0.15, -0.1) is 0 Å². The summed E-state index contributed by atoms with van der Waals surface area (Å²) in [6, 6.07) is 9.24. The van der Waals surface area contributed by atoms with Crippen molar-refractivity contribution >= 4 is 22.5 Å². The molecule has 7 nitrogen and oxygen atoms in total. The van der Waals surface area contributed by atoms with Crippen LogP contribution in [0.15, 0.2) is 67.4 Å². The van der Waals surface area contributed by atoms with Gasteiger partial charge in [0.15, 0.2) is 11.6 Å². The highest BCUT2D eigenvalue weighted by atomic mass is 19.1. The zero-order valence-electron chi connectivity index (χ0n) is 15.9. The molecule has 5 rings (SSSR count). The second kappa shape index (κ2) is 7.13. The SMILES string of the molecule is Nc1ccc(F)c(C(=O)c2c[nH]c3ncc(-c4cnn(-c5ccccn5)c4)cc23)c1F. The quantitative estimate of drug-likeness (QED) is 0.342. The number of nitrogens with two attached hydrogens (primary N) is 1. The number of nitrogens with zero attached hydrogens (tertiary/aromatic N) is 4. The average Bonchev–Trinajstić information content (AvgIpc) is 3.44. The maximum Gasteiger partial charge on any atom is 0.201 e. The number of fused-ring (bicyclic) bond motifs is 1. The Labute approximate surface area is 174 Å². The Morgan fingerprint density at radius 3 is 2.74 bits per heavy atom. The number of aromatic amines is 1. The molecular weight excluding hydrogens is 402 g/mol. The lowest BCUT2D eigenvalue weighted by atomic mass is 10.0. The molecule has 0 aliphatic carbocycles. The Morgan fingerprint density at radius 1 is 1.06 bits per heavy atom. The molecule has 0 radical (unpaired) electrons. The number of rotatable bonds is 4.